The first-order chi connectivity index (χ1) is 21.4. The van der Waals surface area contributed by atoms with Crippen molar-refractivity contribution >= 4 is 24.0 Å². The fraction of sp³-hybridized carbons (Fsp3) is 0.500. The molecule has 3 aliphatic rings. The molecule has 3 aliphatic heterocycles. The summed E-state index contributed by atoms with van der Waals surface area (Å²) in [6.45, 7) is 5.17. The minimum Gasteiger partial charge on any atom is -0.461 e. The van der Waals surface area contributed by atoms with Gasteiger partial charge in [0.25, 0.3) is 0 Å². The lowest BCUT2D eigenvalue weighted by Gasteiger charge is -2.38. The molecule has 0 aliphatic carbocycles. The number of nitrogens with one attached hydrogen (secondary N) is 1. The molecule has 2 atom stereocenters. The van der Waals surface area contributed by atoms with Gasteiger partial charge in [0, 0.05) is 51.9 Å². The molecular weight excluding hydrogens is 564 g/mol. The molecule has 0 radical (unpaired) electrons. The van der Waals surface area contributed by atoms with E-state index in [4.69, 9.17) is 25.4 Å². The Kier molecular flexibility index (Phi) is 10.7. The molecule has 3 N–H and O–H groups in total. The van der Waals surface area contributed by atoms with Crippen LogP contribution in [0.25, 0.3) is 0 Å². The average molecular weight is 607 g/mol. The zero-order chi connectivity index (χ0) is 30.9. The third-order valence-electron chi connectivity index (χ3n) is 8.56. The number of ether oxygens (including phenoxy) is 3. The molecule has 3 saturated heterocycles. The van der Waals surface area contributed by atoms with Gasteiger partial charge in [-0.2, -0.15) is 0 Å². The monoisotopic (exact) mass is 606 g/mol. The summed E-state index contributed by atoms with van der Waals surface area (Å²) < 4.78 is 16.9. The van der Waals surface area contributed by atoms with Crippen LogP contribution in [0, 0.1) is 5.41 Å². The lowest BCUT2D eigenvalue weighted by molar-refractivity contribution is -0.159. The molecule has 3 fully saturated rings. The number of nitrogens with two attached hydrogens (primary N) is 1. The highest BCUT2D eigenvalue weighted by Gasteiger charge is 2.39. The second-order valence-corrected chi connectivity index (χ2v) is 11.6. The van der Waals surface area contributed by atoms with Crippen molar-refractivity contribution in [2.75, 3.05) is 52.4 Å². The maximum atomic E-state index is 13.3. The Morgan fingerprint density at radius 3 is 2.07 bits per heavy atom. The van der Waals surface area contributed by atoms with Crippen LogP contribution in [-0.2, 0) is 37.0 Å². The highest BCUT2D eigenvalue weighted by Crippen LogP contribution is 2.23. The van der Waals surface area contributed by atoms with Gasteiger partial charge in [0.05, 0.1) is 13.0 Å². The van der Waals surface area contributed by atoms with E-state index in [2.05, 4.69) is 4.90 Å². The molecule has 3 heterocycles. The third kappa shape index (κ3) is 8.48. The number of guanidine groups is 1. The maximum Gasteiger partial charge on any atom is 0.410 e. The summed E-state index contributed by atoms with van der Waals surface area (Å²) in [6, 6.07) is 18.2. The van der Waals surface area contributed by atoms with Gasteiger partial charge in [-0.1, -0.05) is 60.7 Å². The van der Waals surface area contributed by atoms with Gasteiger partial charge in [-0.05, 0) is 24.0 Å². The van der Waals surface area contributed by atoms with E-state index in [1.54, 1.807) is 0 Å². The number of likely N-dealkylation sites (tertiary alicyclic amines) is 1. The lowest BCUT2D eigenvalue weighted by Crippen LogP contribution is -2.55. The number of nitrogens with zero attached hydrogens (tertiary/aromatic N) is 4. The van der Waals surface area contributed by atoms with E-state index in [1.165, 1.54) is 0 Å². The molecule has 0 spiro atoms. The van der Waals surface area contributed by atoms with Crippen molar-refractivity contribution in [1.29, 1.82) is 5.41 Å². The number of hydrogen-bond acceptors (Lipinski definition) is 9. The molecule has 12 heteroatoms. The van der Waals surface area contributed by atoms with Crippen molar-refractivity contribution < 1.29 is 28.6 Å². The molecule has 44 heavy (non-hydrogen) atoms. The Bertz CT molecular complexity index is 1260. The van der Waals surface area contributed by atoms with Gasteiger partial charge in [-0.25, -0.2) is 4.79 Å². The van der Waals surface area contributed by atoms with Crippen molar-refractivity contribution in [2.45, 2.75) is 50.7 Å². The van der Waals surface area contributed by atoms with Gasteiger partial charge in [-0.15, -0.1) is 0 Å². The van der Waals surface area contributed by atoms with E-state index >= 15 is 0 Å². The number of carbonyl (C=O) groups is 3. The first kappa shape index (κ1) is 31.3. The summed E-state index contributed by atoms with van der Waals surface area (Å²) >= 11 is 0. The summed E-state index contributed by atoms with van der Waals surface area (Å²) in [5.74, 6) is -0.833. The predicted octanol–water partition coefficient (Wildman–Crippen LogP) is 2.03. The first-order valence-electron chi connectivity index (χ1n) is 15.3. The normalized spacial score (nSPS) is 20.6. The average Bonchev–Trinajstić information content (AvgIpc) is 3.42. The Balaban J connectivity index is 1.12. The van der Waals surface area contributed by atoms with E-state index in [9.17, 15) is 14.4 Å². The number of cyclic esters (lactones) is 1. The van der Waals surface area contributed by atoms with Crippen molar-refractivity contribution in [2.24, 2.45) is 5.73 Å². The summed E-state index contributed by atoms with van der Waals surface area (Å²) in [5, 5.41) is 7.63. The molecule has 2 unspecified atom stereocenters. The molecule has 2 aromatic carbocycles. The number of hydrogen-bond donors (Lipinski definition) is 2. The van der Waals surface area contributed by atoms with Crippen LogP contribution in [0.4, 0.5) is 4.79 Å². The Hall–Kier alpha value is -4.16. The van der Waals surface area contributed by atoms with Crippen LogP contribution in [0.15, 0.2) is 60.7 Å². The van der Waals surface area contributed by atoms with Crippen LogP contribution in [0.5, 0.6) is 0 Å². The standard InChI is InChI=1S/C32H42N6O6/c33-31(34)37-13-11-26(12-14-37)38-21-27(44-32(38)41)20-35-15-17-36(18-16-35)28(30(40)43-23-25-9-5-2-6-10-25)19-29(39)42-22-24-7-3-1-4-8-24/h1-10,26-28H,11-23H2,(H3,33,34). The van der Waals surface area contributed by atoms with Crippen LogP contribution >= 0.6 is 0 Å². The minimum atomic E-state index is -0.759. The molecule has 1 amide bonds. The number of rotatable bonds is 11. The number of esters is 2. The molecule has 2 aromatic rings. The van der Waals surface area contributed by atoms with Gasteiger partial charge in [-0.3, -0.25) is 24.8 Å². The molecule has 236 valence electrons. The summed E-state index contributed by atoms with van der Waals surface area (Å²) in [5.41, 5.74) is 7.36. The molecule has 5 rings (SSSR count). The second kappa shape index (κ2) is 15.0. The highest BCUT2D eigenvalue weighted by molar-refractivity contribution is 5.82. The summed E-state index contributed by atoms with van der Waals surface area (Å²) in [7, 11) is 0. The molecule has 0 bridgehead atoms. The van der Waals surface area contributed by atoms with Crippen molar-refractivity contribution in [3.63, 3.8) is 0 Å². The molecule has 0 aromatic heterocycles. The van der Waals surface area contributed by atoms with Gasteiger partial charge >= 0.3 is 18.0 Å². The quantitative estimate of drug-likeness (QED) is 0.169. The molecular formula is C32H42N6O6. The minimum absolute atomic E-state index is 0.0697. The largest absolute Gasteiger partial charge is 0.461 e. The van der Waals surface area contributed by atoms with Crippen LogP contribution in [0.1, 0.15) is 30.4 Å². The summed E-state index contributed by atoms with van der Waals surface area (Å²) in [4.78, 5) is 46.7. The lowest BCUT2D eigenvalue weighted by atomic mass is 10.0. The van der Waals surface area contributed by atoms with Gasteiger partial charge in [0.2, 0.25) is 0 Å². The molecule has 12 nitrogen and oxygen atoms in total. The highest BCUT2D eigenvalue weighted by atomic mass is 16.6. The van der Waals surface area contributed by atoms with Crippen molar-refractivity contribution in [1.82, 2.24) is 19.6 Å². The van der Waals surface area contributed by atoms with Crippen LogP contribution < -0.4 is 5.73 Å². The zero-order valence-corrected chi connectivity index (χ0v) is 25.0. The van der Waals surface area contributed by atoms with Crippen molar-refractivity contribution in [3.05, 3.63) is 71.8 Å². The second-order valence-electron chi connectivity index (χ2n) is 11.6. The van der Waals surface area contributed by atoms with E-state index in [0.717, 1.165) is 24.0 Å². The van der Waals surface area contributed by atoms with Crippen LogP contribution in [0.3, 0.4) is 0 Å². The van der Waals surface area contributed by atoms with Crippen LogP contribution in [0.2, 0.25) is 0 Å². The van der Waals surface area contributed by atoms with Gasteiger partial charge in [0.15, 0.2) is 5.96 Å². The maximum absolute atomic E-state index is 13.3. The third-order valence-corrected chi connectivity index (χ3v) is 8.56. The fourth-order valence-corrected chi connectivity index (χ4v) is 6.04. The number of carbonyl (C=O) groups excluding carboxylic acids is 3. The topological polar surface area (TPSA) is 142 Å². The van der Waals surface area contributed by atoms with Crippen LogP contribution in [-0.4, -0.2) is 114 Å². The van der Waals surface area contributed by atoms with E-state index in [0.29, 0.717) is 52.4 Å². The van der Waals surface area contributed by atoms with E-state index in [1.807, 2.05) is 75.4 Å². The number of benzene rings is 2. The summed E-state index contributed by atoms with van der Waals surface area (Å²) in [6.07, 6.45) is 0.896. The Morgan fingerprint density at radius 1 is 0.886 bits per heavy atom. The fourth-order valence-electron chi connectivity index (χ4n) is 6.04. The Labute approximate surface area is 258 Å². The van der Waals surface area contributed by atoms with Gasteiger partial charge < -0.3 is 29.7 Å². The zero-order valence-electron chi connectivity index (χ0n) is 25.0. The van der Waals surface area contributed by atoms with E-state index < -0.39 is 18.0 Å². The first-order valence-corrected chi connectivity index (χ1v) is 15.3. The molecule has 0 saturated carbocycles. The Morgan fingerprint density at radius 2 is 1.48 bits per heavy atom. The SMILES string of the molecule is N=C(N)N1CCC(N2CC(CN3CCN(C(CC(=O)OCc4ccccc4)C(=O)OCc4ccccc4)CC3)OC2=O)CC1. The predicted molar refractivity (Wildman–Crippen MR) is 162 cm³/mol. The number of piperidine rings is 1. The van der Waals surface area contributed by atoms with E-state index in [-0.39, 0.29) is 43.8 Å². The van der Waals surface area contributed by atoms with Crippen molar-refractivity contribution in [3.8, 4) is 0 Å². The smallest absolute Gasteiger partial charge is 0.410 e. The van der Waals surface area contributed by atoms with Gasteiger partial charge in [0.1, 0.15) is 25.4 Å². The number of amides is 1. The number of piperazine rings is 1.